The van der Waals surface area contributed by atoms with Crippen molar-refractivity contribution < 1.29 is 24.5 Å². The number of unbranched alkanes of at least 4 members (excludes halogenated alkanes) is 58. The molecule has 0 aliphatic rings. The molecule has 0 spiro atoms. The molecule has 0 aromatic rings. The summed E-state index contributed by atoms with van der Waals surface area (Å²) in [6.45, 7) is 4.93. The maximum atomic E-state index is 12.5. The molecule has 0 aromatic heterocycles. The largest absolute Gasteiger partial charge is 0.466 e. The van der Waals surface area contributed by atoms with Gasteiger partial charge < -0.3 is 20.3 Å². The van der Waals surface area contributed by atoms with Crippen molar-refractivity contribution >= 4 is 11.9 Å². The summed E-state index contributed by atoms with van der Waals surface area (Å²) in [6.07, 6.45) is 102. The summed E-state index contributed by atoms with van der Waals surface area (Å²) in [5, 5.41) is 23.3. The quantitative estimate of drug-likeness (QED) is 0.0320. The minimum Gasteiger partial charge on any atom is -0.466 e. The van der Waals surface area contributed by atoms with E-state index in [0.29, 0.717) is 19.4 Å². The van der Waals surface area contributed by atoms with E-state index in [0.717, 1.165) is 51.4 Å². The molecule has 0 aliphatic heterocycles. The van der Waals surface area contributed by atoms with E-state index in [1.165, 1.54) is 360 Å². The van der Waals surface area contributed by atoms with Crippen LogP contribution in [0, 0.1) is 0 Å². The van der Waals surface area contributed by atoms with Crippen LogP contribution in [0.3, 0.4) is 0 Å². The zero-order valence-corrected chi connectivity index (χ0v) is 59.5. The Morgan fingerprint density at radius 2 is 0.568 bits per heavy atom. The van der Waals surface area contributed by atoms with Gasteiger partial charge in [-0.3, -0.25) is 9.59 Å². The number of carbonyl (C=O) groups excluding carboxylic acids is 2. The van der Waals surface area contributed by atoms with E-state index in [4.69, 9.17) is 4.74 Å². The van der Waals surface area contributed by atoms with Crippen LogP contribution in [-0.4, -0.2) is 47.4 Å². The summed E-state index contributed by atoms with van der Waals surface area (Å²) in [5.41, 5.74) is 0. The predicted molar refractivity (Wildman–Crippen MR) is 389 cm³/mol. The van der Waals surface area contributed by atoms with E-state index in [1.807, 2.05) is 6.08 Å². The lowest BCUT2D eigenvalue weighted by Gasteiger charge is -2.20. The fourth-order valence-electron chi connectivity index (χ4n) is 12.5. The number of ether oxygens (including phenoxy) is 1. The number of esters is 1. The van der Waals surface area contributed by atoms with Crippen LogP contribution in [0.4, 0.5) is 0 Å². The Kier molecular flexibility index (Phi) is 75.4. The molecule has 0 aromatic carbocycles. The van der Waals surface area contributed by atoms with Gasteiger partial charge >= 0.3 is 5.97 Å². The van der Waals surface area contributed by atoms with E-state index in [9.17, 15) is 19.8 Å². The van der Waals surface area contributed by atoms with Gasteiger partial charge in [0.25, 0.3) is 0 Å². The SMILES string of the molecule is CCCCCC/C=C\CCCCCCCC(=O)OCCCCCCCCCCCCCCC/C=C\C/C=C\CCCCCCCCCCCCCCCCCCCC(=O)NC(CO)C(O)/C=C/CCCCCCCCCCCCCCCCCCCCC. The minimum atomic E-state index is -0.844. The second kappa shape index (κ2) is 77.3. The normalized spacial score (nSPS) is 12.7. The highest BCUT2D eigenvalue weighted by atomic mass is 16.5. The van der Waals surface area contributed by atoms with Gasteiger partial charge in [0.05, 0.1) is 25.4 Å². The molecule has 6 heteroatoms. The third-order valence-corrected chi connectivity index (χ3v) is 18.6. The molecule has 0 aliphatic carbocycles. The van der Waals surface area contributed by atoms with Crippen LogP contribution in [0.15, 0.2) is 48.6 Å². The van der Waals surface area contributed by atoms with Crippen molar-refractivity contribution in [2.24, 2.45) is 0 Å². The molecule has 1 amide bonds. The molecule has 0 bridgehead atoms. The molecule has 88 heavy (non-hydrogen) atoms. The lowest BCUT2D eigenvalue weighted by atomic mass is 10.0. The van der Waals surface area contributed by atoms with Gasteiger partial charge in [-0.1, -0.05) is 383 Å². The van der Waals surface area contributed by atoms with Crippen molar-refractivity contribution in [3.8, 4) is 0 Å². The second-order valence-electron chi connectivity index (χ2n) is 27.4. The molecule has 2 unspecified atom stereocenters. The molecule has 2 atom stereocenters. The Bertz CT molecular complexity index is 1470. The van der Waals surface area contributed by atoms with Gasteiger partial charge in [0.15, 0.2) is 0 Å². The Balaban J connectivity index is 3.39. The number of carbonyl (C=O) groups is 2. The number of aliphatic hydroxyl groups excluding tert-OH is 2. The minimum absolute atomic E-state index is 0.00962. The van der Waals surface area contributed by atoms with Crippen LogP contribution in [0.2, 0.25) is 0 Å². The first-order valence-corrected chi connectivity index (χ1v) is 39.9. The maximum absolute atomic E-state index is 12.5. The van der Waals surface area contributed by atoms with Gasteiger partial charge in [0, 0.05) is 12.8 Å². The predicted octanol–water partition coefficient (Wildman–Crippen LogP) is 26.4. The summed E-state index contributed by atoms with van der Waals surface area (Å²) >= 11 is 0. The van der Waals surface area contributed by atoms with Gasteiger partial charge in [-0.15, -0.1) is 0 Å². The zero-order valence-electron chi connectivity index (χ0n) is 59.5. The molecule has 0 rings (SSSR count). The Morgan fingerprint density at radius 1 is 0.318 bits per heavy atom. The lowest BCUT2D eigenvalue weighted by Crippen LogP contribution is -2.45. The third kappa shape index (κ3) is 72.9. The van der Waals surface area contributed by atoms with Gasteiger partial charge in [-0.2, -0.15) is 0 Å². The highest BCUT2D eigenvalue weighted by Crippen LogP contribution is 2.19. The van der Waals surface area contributed by atoms with E-state index in [-0.39, 0.29) is 18.5 Å². The Labute approximate surface area is 550 Å². The second-order valence-corrected chi connectivity index (χ2v) is 27.4. The van der Waals surface area contributed by atoms with Crippen molar-refractivity contribution in [3.05, 3.63) is 48.6 Å². The van der Waals surface area contributed by atoms with Crippen LogP contribution in [0.25, 0.3) is 0 Å². The number of aliphatic hydroxyl groups is 2. The van der Waals surface area contributed by atoms with Gasteiger partial charge in [-0.25, -0.2) is 0 Å². The van der Waals surface area contributed by atoms with E-state index < -0.39 is 12.1 Å². The van der Waals surface area contributed by atoms with Crippen LogP contribution < -0.4 is 5.32 Å². The Morgan fingerprint density at radius 3 is 0.886 bits per heavy atom. The number of rotatable bonds is 75. The third-order valence-electron chi connectivity index (χ3n) is 18.6. The summed E-state index contributed by atoms with van der Waals surface area (Å²) in [5.74, 6) is -0.0515. The number of hydrogen-bond donors (Lipinski definition) is 3. The molecule has 3 N–H and O–H groups in total. The number of allylic oxidation sites excluding steroid dienone is 7. The average Bonchev–Trinajstić information content (AvgIpc) is 3.59. The van der Waals surface area contributed by atoms with E-state index >= 15 is 0 Å². The summed E-state index contributed by atoms with van der Waals surface area (Å²) in [7, 11) is 0. The van der Waals surface area contributed by atoms with E-state index in [1.54, 1.807) is 6.08 Å². The van der Waals surface area contributed by atoms with Gasteiger partial charge in [0.2, 0.25) is 5.91 Å². The van der Waals surface area contributed by atoms with Crippen molar-refractivity contribution in [2.45, 2.75) is 450 Å². The van der Waals surface area contributed by atoms with E-state index in [2.05, 4.69) is 55.6 Å². The molecule has 0 saturated heterocycles. The first kappa shape index (κ1) is 85.8. The van der Waals surface area contributed by atoms with Crippen molar-refractivity contribution in [1.82, 2.24) is 5.32 Å². The molecule has 6 nitrogen and oxygen atoms in total. The molecule has 0 saturated carbocycles. The summed E-state index contributed by atoms with van der Waals surface area (Å²) < 4.78 is 5.48. The van der Waals surface area contributed by atoms with Crippen molar-refractivity contribution in [1.29, 1.82) is 0 Å². The smallest absolute Gasteiger partial charge is 0.305 e. The molecular formula is C82H155NO5. The number of amides is 1. The fourth-order valence-corrected chi connectivity index (χ4v) is 12.5. The van der Waals surface area contributed by atoms with Crippen LogP contribution in [0.1, 0.15) is 438 Å². The maximum Gasteiger partial charge on any atom is 0.305 e. The molecular weight excluding hydrogens is 1080 g/mol. The topological polar surface area (TPSA) is 95.9 Å². The fraction of sp³-hybridized carbons (Fsp3) is 0.878. The molecule has 518 valence electrons. The van der Waals surface area contributed by atoms with Gasteiger partial charge in [-0.05, 0) is 89.9 Å². The molecule has 0 radical (unpaired) electrons. The number of hydrogen-bond acceptors (Lipinski definition) is 5. The monoisotopic (exact) mass is 1230 g/mol. The zero-order chi connectivity index (χ0) is 63.5. The standard InChI is InChI=1S/C82H155NO5/c1-3-5-7-9-11-13-15-17-18-19-20-38-41-44-47-51-54-58-62-66-70-74-80(85)79(78-84)83-81(86)75-71-67-63-59-55-52-48-45-42-39-36-34-32-30-28-26-24-22-21-23-25-27-29-31-33-35-37-40-43-46-49-53-57-61-65-69-73-77-88-82(87)76-72-68-64-60-56-50-16-14-12-10-8-6-4-2/h14,16,21,23,27,29,70,74,79-80,84-85H,3-13,15,17-20,22,24-26,28,30-69,71-73,75-78H2,1-2H3,(H,83,86)/b16-14-,23-21-,29-27-,74-70+. The summed E-state index contributed by atoms with van der Waals surface area (Å²) in [4.78, 5) is 24.6. The number of nitrogens with one attached hydrogen (secondary N) is 1. The van der Waals surface area contributed by atoms with Crippen LogP contribution in [0.5, 0.6) is 0 Å². The average molecular weight is 1240 g/mol. The molecule has 0 heterocycles. The first-order valence-electron chi connectivity index (χ1n) is 39.9. The van der Waals surface area contributed by atoms with Crippen molar-refractivity contribution in [3.63, 3.8) is 0 Å². The lowest BCUT2D eigenvalue weighted by molar-refractivity contribution is -0.143. The Hall–Kier alpha value is -2.18. The highest BCUT2D eigenvalue weighted by molar-refractivity contribution is 5.76. The van der Waals surface area contributed by atoms with Gasteiger partial charge in [0.1, 0.15) is 0 Å². The van der Waals surface area contributed by atoms with Crippen LogP contribution >= 0.6 is 0 Å². The van der Waals surface area contributed by atoms with Crippen molar-refractivity contribution in [2.75, 3.05) is 13.2 Å². The summed E-state index contributed by atoms with van der Waals surface area (Å²) in [6, 6.07) is -0.627. The molecule has 0 fully saturated rings. The van der Waals surface area contributed by atoms with Crippen LogP contribution in [-0.2, 0) is 14.3 Å². The highest BCUT2D eigenvalue weighted by Gasteiger charge is 2.18. The first-order chi connectivity index (χ1) is 43.5.